The minimum atomic E-state index is -0.788. The van der Waals surface area contributed by atoms with E-state index in [4.69, 9.17) is 11.6 Å². The van der Waals surface area contributed by atoms with Crippen LogP contribution in [-0.4, -0.2) is 14.9 Å². The summed E-state index contributed by atoms with van der Waals surface area (Å²) in [5, 5.41) is 2.89. The number of carbonyl (C=O) groups excluding carboxylic acids is 1. The highest BCUT2D eigenvalue weighted by Crippen LogP contribution is 2.22. The molecule has 0 spiro atoms. The summed E-state index contributed by atoms with van der Waals surface area (Å²) in [5.41, 5.74) is -1.41. The smallest absolute Gasteiger partial charge is 0.308 e. The van der Waals surface area contributed by atoms with E-state index in [1.807, 2.05) is 0 Å². The maximum Gasteiger partial charge on any atom is 0.360 e. The maximum absolute atomic E-state index is 14.1. The number of hydrogen-bond acceptors (Lipinski definition) is 4. The summed E-state index contributed by atoms with van der Waals surface area (Å²) in [5.74, 6) is -1.59. The fourth-order valence-electron chi connectivity index (χ4n) is 1.47. The van der Waals surface area contributed by atoms with Crippen LogP contribution in [0.5, 0.6) is 0 Å². The summed E-state index contributed by atoms with van der Waals surface area (Å²) in [6, 6.07) is 6.73. The predicted molar refractivity (Wildman–Crippen MR) is 89.2 cm³/mol. The Kier molecular flexibility index (Phi) is 5.11. The molecule has 1 aromatic carbocycles. The summed E-state index contributed by atoms with van der Waals surface area (Å²) >= 11 is 6.79. The molecule has 0 saturated carbocycles. The van der Waals surface area contributed by atoms with Gasteiger partial charge < -0.3 is 5.32 Å². The van der Waals surface area contributed by atoms with Crippen molar-refractivity contribution in [1.29, 1.82) is 0 Å². The molecule has 0 aliphatic carbocycles. The van der Waals surface area contributed by atoms with E-state index < -0.39 is 22.8 Å². The quantitative estimate of drug-likeness (QED) is 0.914. The van der Waals surface area contributed by atoms with Crippen LogP contribution in [0.2, 0.25) is 5.02 Å². The van der Waals surface area contributed by atoms with Crippen molar-refractivity contribution in [3.8, 4) is 0 Å². The molecule has 1 heterocycles. The molecule has 0 aliphatic heterocycles. The number of benzene rings is 1. The molecule has 0 saturated heterocycles. The molecule has 8 heteroatoms. The summed E-state index contributed by atoms with van der Waals surface area (Å²) in [4.78, 5) is 28.1. The lowest BCUT2D eigenvalue weighted by Gasteiger charge is -2.17. The van der Waals surface area contributed by atoms with Crippen molar-refractivity contribution in [2.45, 2.75) is 25.7 Å². The molecular formula is C15H15ClFN3O2S. The van der Waals surface area contributed by atoms with Crippen molar-refractivity contribution in [1.82, 2.24) is 8.96 Å². The predicted octanol–water partition coefficient (Wildman–Crippen LogP) is 3.58. The van der Waals surface area contributed by atoms with Gasteiger partial charge in [0, 0.05) is 15.3 Å². The van der Waals surface area contributed by atoms with Crippen molar-refractivity contribution in [3.63, 3.8) is 0 Å². The average molecular weight is 356 g/mol. The monoisotopic (exact) mass is 355 g/mol. The van der Waals surface area contributed by atoms with Crippen LogP contribution in [0.3, 0.4) is 0 Å². The van der Waals surface area contributed by atoms with Gasteiger partial charge in [-0.25, -0.2) is 13.2 Å². The summed E-state index contributed by atoms with van der Waals surface area (Å²) < 4.78 is 15.1. The number of halogens is 2. The fourth-order valence-corrected chi connectivity index (χ4v) is 2.35. The zero-order valence-electron chi connectivity index (χ0n) is 12.8. The first-order chi connectivity index (χ1) is 10.7. The van der Waals surface area contributed by atoms with Crippen LogP contribution < -0.4 is 11.0 Å². The normalized spacial score (nSPS) is 11.3. The second kappa shape index (κ2) is 6.72. The maximum atomic E-state index is 14.1. The van der Waals surface area contributed by atoms with E-state index in [-0.39, 0.29) is 5.82 Å². The molecule has 2 rings (SSSR count). The number of anilines is 1. The molecule has 23 heavy (non-hydrogen) atoms. The van der Waals surface area contributed by atoms with Gasteiger partial charge in [0.05, 0.1) is 6.20 Å². The molecule has 2 aromatic rings. The van der Waals surface area contributed by atoms with Gasteiger partial charge in [0.15, 0.2) is 11.6 Å². The number of carbonyl (C=O) groups is 1. The van der Waals surface area contributed by atoms with E-state index >= 15 is 0 Å². The van der Waals surface area contributed by atoms with Gasteiger partial charge in [0.25, 0.3) is 0 Å². The van der Waals surface area contributed by atoms with Crippen molar-refractivity contribution in [2.24, 2.45) is 5.41 Å². The van der Waals surface area contributed by atoms with Gasteiger partial charge in [-0.15, -0.1) is 0 Å². The van der Waals surface area contributed by atoms with Crippen molar-refractivity contribution < 1.29 is 9.18 Å². The molecule has 0 fully saturated rings. The Morgan fingerprint density at radius 3 is 2.48 bits per heavy atom. The molecule has 0 aliphatic rings. The van der Waals surface area contributed by atoms with Crippen LogP contribution in [0.4, 0.5) is 10.2 Å². The molecule has 0 atom stereocenters. The van der Waals surface area contributed by atoms with Crippen LogP contribution in [0.25, 0.3) is 0 Å². The van der Waals surface area contributed by atoms with E-state index in [2.05, 4.69) is 10.3 Å². The Morgan fingerprint density at radius 1 is 1.30 bits per heavy atom. The fraction of sp³-hybridized carbons (Fsp3) is 0.267. The Labute approximate surface area is 142 Å². The van der Waals surface area contributed by atoms with Crippen molar-refractivity contribution >= 4 is 35.3 Å². The summed E-state index contributed by atoms with van der Waals surface area (Å²) in [6.45, 7) is 5.04. The van der Waals surface area contributed by atoms with Gasteiger partial charge in [-0.2, -0.15) is 4.98 Å². The van der Waals surface area contributed by atoms with Crippen LogP contribution in [0.15, 0.2) is 40.2 Å². The van der Waals surface area contributed by atoms with Crippen LogP contribution in [-0.2, 0) is 4.79 Å². The topological polar surface area (TPSA) is 64.0 Å². The molecule has 1 aromatic heterocycles. The standard InChI is InChI=1S/C15H15ClFN3O2S/c1-15(2,3)13(21)18-12-11(17)8-20(14(22)19-12)23-10-6-4-9(16)5-7-10/h4-8H,1-3H3,(H,18,19,21,22). The Balaban J connectivity index is 2.25. The molecule has 1 amide bonds. The number of nitrogens with zero attached hydrogens (tertiary/aromatic N) is 2. The number of amides is 1. The third-order valence-electron chi connectivity index (χ3n) is 2.78. The van der Waals surface area contributed by atoms with Gasteiger partial charge in [-0.3, -0.25) is 4.79 Å². The first kappa shape index (κ1) is 17.5. The Morgan fingerprint density at radius 2 is 1.91 bits per heavy atom. The molecule has 0 bridgehead atoms. The van der Waals surface area contributed by atoms with E-state index in [1.54, 1.807) is 45.0 Å². The summed E-state index contributed by atoms with van der Waals surface area (Å²) in [7, 11) is 0. The largest absolute Gasteiger partial charge is 0.360 e. The highest BCUT2D eigenvalue weighted by molar-refractivity contribution is 7.97. The number of rotatable bonds is 3. The third kappa shape index (κ3) is 4.56. The SMILES string of the molecule is CC(C)(C)C(=O)Nc1nc(=O)n(Sc2ccc(Cl)cc2)cc1F. The minimum absolute atomic E-state index is 0.372. The number of nitrogens with one attached hydrogen (secondary N) is 1. The highest BCUT2D eigenvalue weighted by Gasteiger charge is 2.23. The lowest BCUT2D eigenvalue weighted by Crippen LogP contribution is -2.30. The van der Waals surface area contributed by atoms with Crippen LogP contribution in [0.1, 0.15) is 20.8 Å². The van der Waals surface area contributed by atoms with Crippen LogP contribution in [0, 0.1) is 11.2 Å². The van der Waals surface area contributed by atoms with Gasteiger partial charge in [-0.1, -0.05) is 32.4 Å². The van der Waals surface area contributed by atoms with E-state index in [1.165, 1.54) is 0 Å². The molecule has 1 N–H and O–H groups in total. The Hall–Kier alpha value is -1.86. The second-order valence-corrected chi connectivity index (χ2v) is 7.28. The molecule has 5 nitrogen and oxygen atoms in total. The lowest BCUT2D eigenvalue weighted by molar-refractivity contribution is -0.123. The van der Waals surface area contributed by atoms with Gasteiger partial charge in [0.2, 0.25) is 5.91 Å². The second-order valence-electron chi connectivity index (χ2n) is 5.80. The minimum Gasteiger partial charge on any atom is -0.308 e. The molecule has 122 valence electrons. The molecule has 0 radical (unpaired) electrons. The Bertz CT molecular complexity index is 785. The van der Waals surface area contributed by atoms with Crippen molar-refractivity contribution in [3.05, 3.63) is 51.8 Å². The first-order valence-corrected chi connectivity index (χ1v) is 7.86. The van der Waals surface area contributed by atoms with Crippen LogP contribution >= 0.6 is 23.5 Å². The third-order valence-corrected chi connectivity index (χ3v) is 3.98. The number of aromatic nitrogens is 2. The number of hydrogen-bond donors (Lipinski definition) is 1. The van der Waals surface area contributed by atoms with E-state index in [0.29, 0.717) is 9.92 Å². The average Bonchev–Trinajstić information content (AvgIpc) is 2.45. The van der Waals surface area contributed by atoms with E-state index in [0.717, 1.165) is 22.1 Å². The molecule has 0 unspecified atom stereocenters. The summed E-state index contributed by atoms with van der Waals surface area (Å²) in [6.07, 6.45) is 0.993. The first-order valence-electron chi connectivity index (χ1n) is 6.71. The van der Waals surface area contributed by atoms with Gasteiger partial charge >= 0.3 is 5.69 Å². The van der Waals surface area contributed by atoms with Gasteiger partial charge in [0.1, 0.15) is 0 Å². The lowest BCUT2D eigenvalue weighted by atomic mass is 9.96. The van der Waals surface area contributed by atoms with Crippen molar-refractivity contribution in [2.75, 3.05) is 5.32 Å². The van der Waals surface area contributed by atoms with E-state index in [9.17, 15) is 14.0 Å². The highest BCUT2D eigenvalue weighted by atomic mass is 35.5. The zero-order chi connectivity index (χ0) is 17.2. The zero-order valence-corrected chi connectivity index (χ0v) is 14.3. The molecular weight excluding hydrogens is 341 g/mol. The van der Waals surface area contributed by atoms with Gasteiger partial charge in [-0.05, 0) is 36.2 Å².